The lowest BCUT2D eigenvalue weighted by molar-refractivity contribution is -0.139. The van der Waals surface area contributed by atoms with Crippen molar-refractivity contribution in [3.63, 3.8) is 0 Å². The topological polar surface area (TPSA) is 46.5 Å². The van der Waals surface area contributed by atoms with E-state index in [-0.39, 0.29) is 12.1 Å². The van der Waals surface area contributed by atoms with Crippen molar-refractivity contribution < 1.29 is 14.6 Å². The summed E-state index contributed by atoms with van der Waals surface area (Å²) in [5, 5.41) is 8.91. The van der Waals surface area contributed by atoms with Crippen molar-refractivity contribution in [3.05, 3.63) is 12.2 Å². The predicted octanol–water partition coefficient (Wildman–Crippen LogP) is 3.22. The van der Waals surface area contributed by atoms with Crippen LogP contribution in [0.25, 0.3) is 0 Å². The fraction of sp³-hybridized carbons (Fsp3) is 0.786. The molecule has 1 fully saturated rings. The average Bonchev–Trinajstić information content (AvgIpc) is 2.31. The number of hydrogen-bond donors (Lipinski definition) is 1. The first-order valence-electron chi connectivity index (χ1n) is 6.58. The number of unbranched alkanes of at least 4 members (excludes halogenated alkanes) is 1. The molecular weight excluding hydrogens is 216 g/mol. The van der Waals surface area contributed by atoms with E-state index in [0.717, 1.165) is 25.7 Å². The van der Waals surface area contributed by atoms with Gasteiger partial charge < -0.3 is 9.84 Å². The summed E-state index contributed by atoms with van der Waals surface area (Å²) in [6, 6.07) is 0. The van der Waals surface area contributed by atoms with Crippen LogP contribution in [-0.2, 0) is 9.53 Å². The van der Waals surface area contributed by atoms with Gasteiger partial charge in [0.1, 0.15) is 0 Å². The third kappa shape index (κ3) is 10.1. The van der Waals surface area contributed by atoms with Crippen LogP contribution in [0.4, 0.5) is 0 Å². The third-order valence-corrected chi connectivity index (χ3v) is 2.65. The lowest BCUT2D eigenvalue weighted by atomic mass is 9.98. The van der Waals surface area contributed by atoms with Gasteiger partial charge in [-0.15, -0.1) is 0 Å². The molecule has 0 unspecified atom stereocenters. The van der Waals surface area contributed by atoms with Gasteiger partial charge in [-0.05, 0) is 26.2 Å². The molecule has 1 aliphatic rings. The second kappa shape index (κ2) is 10.3. The molecule has 0 aromatic heterocycles. The highest BCUT2D eigenvalue weighted by Crippen LogP contribution is 2.16. The van der Waals surface area contributed by atoms with Crippen LogP contribution in [0.5, 0.6) is 0 Å². The van der Waals surface area contributed by atoms with Crippen molar-refractivity contribution in [2.24, 2.45) is 0 Å². The molecule has 100 valence electrons. The molecule has 0 heterocycles. The minimum absolute atomic E-state index is 0.0359. The number of carbonyl (C=O) groups excluding carboxylic acids is 1. The van der Waals surface area contributed by atoms with Gasteiger partial charge in [0.25, 0.3) is 0 Å². The van der Waals surface area contributed by atoms with Crippen LogP contribution in [0.1, 0.15) is 58.8 Å². The van der Waals surface area contributed by atoms with E-state index in [1.807, 2.05) is 0 Å². The maximum Gasteiger partial charge on any atom is 0.333 e. The Labute approximate surface area is 105 Å². The summed E-state index contributed by atoms with van der Waals surface area (Å²) < 4.78 is 4.81. The smallest absolute Gasteiger partial charge is 0.333 e. The number of esters is 1. The number of ether oxygens (including phenoxy) is 1. The fourth-order valence-corrected chi connectivity index (χ4v) is 1.51. The van der Waals surface area contributed by atoms with E-state index in [1.54, 1.807) is 6.92 Å². The minimum atomic E-state index is -0.284. The molecule has 0 saturated heterocycles. The van der Waals surface area contributed by atoms with Gasteiger partial charge in [-0.2, -0.15) is 0 Å². The van der Waals surface area contributed by atoms with Gasteiger partial charge in [0.15, 0.2) is 0 Å². The zero-order valence-electron chi connectivity index (χ0n) is 11.2. The molecule has 3 heteroatoms. The molecule has 1 aliphatic carbocycles. The van der Waals surface area contributed by atoms with Crippen LogP contribution in [0.3, 0.4) is 0 Å². The zero-order valence-corrected chi connectivity index (χ0v) is 11.2. The zero-order chi connectivity index (χ0) is 13.1. The number of carbonyl (C=O) groups is 1. The SMILES string of the molecule is C=C(C)C(=O)OCCCC.OC1CCCCC1. The van der Waals surface area contributed by atoms with Gasteiger partial charge >= 0.3 is 5.97 Å². The number of hydrogen-bond acceptors (Lipinski definition) is 3. The van der Waals surface area contributed by atoms with E-state index in [2.05, 4.69) is 13.5 Å². The molecule has 1 rings (SSSR count). The fourth-order valence-electron chi connectivity index (χ4n) is 1.51. The molecule has 0 atom stereocenters. The summed E-state index contributed by atoms with van der Waals surface area (Å²) in [7, 11) is 0. The van der Waals surface area contributed by atoms with Crippen LogP contribution >= 0.6 is 0 Å². The summed E-state index contributed by atoms with van der Waals surface area (Å²) >= 11 is 0. The first-order valence-corrected chi connectivity index (χ1v) is 6.58. The Kier molecular flexibility index (Phi) is 9.83. The second-order valence-corrected chi connectivity index (χ2v) is 4.56. The van der Waals surface area contributed by atoms with E-state index in [4.69, 9.17) is 9.84 Å². The van der Waals surface area contributed by atoms with E-state index in [1.165, 1.54) is 19.3 Å². The van der Waals surface area contributed by atoms with Crippen molar-refractivity contribution in [1.82, 2.24) is 0 Å². The largest absolute Gasteiger partial charge is 0.462 e. The Bertz CT molecular complexity index is 218. The van der Waals surface area contributed by atoms with Crippen molar-refractivity contribution >= 4 is 5.97 Å². The van der Waals surface area contributed by atoms with Crippen molar-refractivity contribution in [3.8, 4) is 0 Å². The maximum absolute atomic E-state index is 10.7. The Morgan fingerprint density at radius 3 is 2.29 bits per heavy atom. The van der Waals surface area contributed by atoms with Gasteiger partial charge in [0.2, 0.25) is 0 Å². The molecular formula is C14H26O3. The summed E-state index contributed by atoms with van der Waals surface area (Å²) in [4.78, 5) is 10.7. The predicted molar refractivity (Wildman–Crippen MR) is 69.8 cm³/mol. The quantitative estimate of drug-likeness (QED) is 0.468. The molecule has 0 amide bonds. The summed E-state index contributed by atoms with van der Waals surface area (Å²) in [5.41, 5.74) is 0.469. The maximum atomic E-state index is 10.7. The highest BCUT2D eigenvalue weighted by molar-refractivity contribution is 5.86. The molecule has 0 aliphatic heterocycles. The standard InChI is InChI=1S/C8H14O2.C6H12O/c1-4-5-6-10-8(9)7(2)3;7-6-4-2-1-3-5-6/h2,4-6H2,1,3H3;6-7H,1-5H2. The van der Waals surface area contributed by atoms with Crippen molar-refractivity contribution in [1.29, 1.82) is 0 Å². The first-order chi connectivity index (χ1) is 8.07. The first kappa shape index (κ1) is 16.2. The van der Waals surface area contributed by atoms with Crippen LogP contribution in [-0.4, -0.2) is 23.8 Å². The summed E-state index contributed by atoms with van der Waals surface area (Å²) in [6.07, 6.45) is 7.90. The molecule has 3 nitrogen and oxygen atoms in total. The van der Waals surface area contributed by atoms with Gasteiger partial charge in [-0.25, -0.2) is 4.79 Å². The Balaban J connectivity index is 0.000000318. The third-order valence-electron chi connectivity index (χ3n) is 2.65. The second-order valence-electron chi connectivity index (χ2n) is 4.56. The average molecular weight is 242 g/mol. The lowest BCUT2D eigenvalue weighted by Crippen LogP contribution is -2.09. The molecule has 0 radical (unpaired) electrons. The van der Waals surface area contributed by atoms with Crippen molar-refractivity contribution in [2.75, 3.05) is 6.61 Å². The normalized spacial score (nSPS) is 15.7. The van der Waals surface area contributed by atoms with E-state index >= 15 is 0 Å². The molecule has 0 spiro atoms. The number of aliphatic hydroxyl groups is 1. The van der Waals surface area contributed by atoms with E-state index in [9.17, 15) is 4.79 Å². The van der Waals surface area contributed by atoms with E-state index < -0.39 is 0 Å². The Morgan fingerprint density at radius 2 is 1.94 bits per heavy atom. The Morgan fingerprint density at radius 1 is 1.35 bits per heavy atom. The molecule has 1 N–H and O–H groups in total. The highest BCUT2D eigenvalue weighted by Gasteiger charge is 2.07. The summed E-state index contributed by atoms with van der Waals surface area (Å²) in [5.74, 6) is -0.284. The summed E-state index contributed by atoms with van der Waals surface area (Å²) in [6.45, 7) is 7.67. The van der Waals surface area contributed by atoms with E-state index in [0.29, 0.717) is 12.2 Å². The molecule has 0 aromatic carbocycles. The molecule has 0 bridgehead atoms. The molecule has 0 aromatic rings. The molecule has 1 saturated carbocycles. The number of aliphatic hydroxyl groups excluding tert-OH is 1. The number of rotatable bonds is 4. The van der Waals surface area contributed by atoms with Crippen LogP contribution in [0.2, 0.25) is 0 Å². The van der Waals surface area contributed by atoms with Gasteiger partial charge in [-0.1, -0.05) is 39.2 Å². The van der Waals surface area contributed by atoms with Gasteiger partial charge in [-0.3, -0.25) is 0 Å². The van der Waals surface area contributed by atoms with Gasteiger partial charge in [0.05, 0.1) is 12.7 Å². The van der Waals surface area contributed by atoms with Crippen LogP contribution in [0.15, 0.2) is 12.2 Å². The van der Waals surface area contributed by atoms with Crippen LogP contribution in [0, 0.1) is 0 Å². The van der Waals surface area contributed by atoms with Crippen molar-refractivity contribution in [2.45, 2.75) is 64.9 Å². The van der Waals surface area contributed by atoms with Gasteiger partial charge in [0, 0.05) is 5.57 Å². The molecule has 17 heavy (non-hydrogen) atoms. The lowest BCUT2D eigenvalue weighted by Gasteiger charge is -2.14. The van der Waals surface area contributed by atoms with Crippen LogP contribution < -0.4 is 0 Å². The highest BCUT2D eigenvalue weighted by atomic mass is 16.5. The Hall–Kier alpha value is -0.830. The minimum Gasteiger partial charge on any atom is -0.462 e. The monoisotopic (exact) mass is 242 g/mol.